The standard InChI is InChI=1S/C7H8IN3/c1-2-3-6-10-5(4-9)7(8)11-6/h2-3H2,1H3,(H,10,11). The fourth-order valence-electron chi connectivity index (χ4n) is 0.827. The van der Waals surface area contributed by atoms with Crippen molar-refractivity contribution in [2.45, 2.75) is 19.8 Å². The second kappa shape index (κ2) is 3.72. The van der Waals surface area contributed by atoms with E-state index in [4.69, 9.17) is 5.26 Å². The van der Waals surface area contributed by atoms with Crippen molar-refractivity contribution in [3.63, 3.8) is 0 Å². The number of aromatic amines is 1. The van der Waals surface area contributed by atoms with Crippen LogP contribution in [0.5, 0.6) is 0 Å². The maximum atomic E-state index is 8.56. The second-order valence-corrected chi connectivity index (χ2v) is 3.29. The van der Waals surface area contributed by atoms with Crippen LogP contribution in [0.3, 0.4) is 0 Å². The summed E-state index contributed by atoms with van der Waals surface area (Å²) < 4.78 is 0.841. The molecule has 0 spiro atoms. The average molecular weight is 261 g/mol. The van der Waals surface area contributed by atoms with Gasteiger partial charge < -0.3 is 4.98 Å². The molecular weight excluding hydrogens is 253 g/mol. The SMILES string of the molecule is CCCc1nc(C#N)c(I)[nH]1. The van der Waals surface area contributed by atoms with Gasteiger partial charge in [0.15, 0.2) is 5.69 Å². The van der Waals surface area contributed by atoms with Crippen LogP contribution in [-0.4, -0.2) is 9.97 Å². The van der Waals surface area contributed by atoms with Crippen LogP contribution in [0.15, 0.2) is 0 Å². The third-order valence-electron chi connectivity index (χ3n) is 1.30. The van der Waals surface area contributed by atoms with E-state index in [-0.39, 0.29) is 0 Å². The third-order valence-corrected chi connectivity index (χ3v) is 2.08. The molecule has 1 heterocycles. The summed E-state index contributed by atoms with van der Waals surface area (Å²) >= 11 is 2.08. The molecule has 0 saturated carbocycles. The molecule has 11 heavy (non-hydrogen) atoms. The number of H-pyrrole nitrogens is 1. The van der Waals surface area contributed by atoms with Crippen molar-refractivity contribution in [3.8, 4) is 6.07 Å². The van der Waals surface area contributed by atoms with E-state index in [1.165, 1.54) is 0 Å². The average Bonchev–Trinajstić information content (AvgIpc) is 2.32. The molecule has 0 unspecified atom stereocenters. The Labute approximate surface area is 79.0 Å². The molecule has 0 radical (unpaired) electrons. The van der Waals surface area contributed by atoms with Crippen molar-refractivity contribution in [2.75, 3.05) is 0 Å². The molecule has 0 aliphatic heterocycles. The Morgan fingerprint density at radius 3 is 2.91 bits per heavy atom. The zero-order valence-electron chi connectivity index (χ0n) is 6.19. The van der Waals surface area contributed by atoms with E-state index in [0.29, 0.717) is 5.69 Å². The van der Waals surface area contributed by atoms with Crippen LogP contribution in [0.1, 0.15) is 24.9 Å². The summed E-state index contributed by atoms with van der Waals surface area (Å²) in [6.07, 6.45) is 1.96. The van der Waals surface area contributed by atoms with Crippen LogP contribution < -0.4 is 0 Å². The second-order valence-electron chi connectivity index (χ2n) is 2.21. The zero-order chi connectivity index (χ0) is 8.27. The lowest BCUT2D eigenvalue weighted by atomic mass is 10.3. The molecule has 0 fully saturated rings. The van der Waals surface area contributed by atoms with Gasteiger partial charge in [-0.2, -0.15) is 5.26 Å². The van der Waals surface area contributed by atoms with Gasteiger partial charge in [-0.1, -0.05) is 6.92 Å². The molecule has 0 aliphatic rings. The predicted octanol–water partition coefficient (Wildman–Crippen LogP) is 1.84. The van der Waals surface area contributed by atoms with E-state index in [2.05, 4.69) is 39.5 Å². The summed E-state index contributed by atoms with van der Waals surface area (Å²) in [5, 5.41) is 8.56. The highest BCUT2D eigenvalue weighted by molar-refractivity contribution is 14.1. The van der Waals surface area contributed by atoms with Crippen molar-refractivity contribution in [2.24, 2.45) is 0 Å². The number of nitrogens with one attached hydrogen (secondary N) is 1. The summed E-state index contributed by atoms with van der Waals surface area (Å²) in [6.45, 7) is 2.08. The zero-order valence-corrected chi connectivity index (χ0v) is 8.34. The minimum atomic E-state index is 0.508. The van der Waals surface area contributed by atoms with E-state index < -0.39 is 0 Å². The molecule has 0 aromatic carbocycles. The Hall–Kier alpha value is -0.570. The minimum absolute atomic E-state index is 0.508. The first-order chi connectivity index (χ1) is 5.27. The van der Waals surface area contributed by atoms with Gasteiger partial charge in [0.05, 0.1) is 0 Å². The first-order valence-corrected chi connectivity index (χ1v) is 4.50. The van der Waals surface area contributed by atoms with E-state index in [9.17, 15) is 0 Å². The van der Waals surface area contributed by atoms with E-state index >= 15 is 0 Å². The lowest BCUT2D eigenvalue weighted by Gasteiger charge is -1.86. The molecule has 4 heteroatoms. The Bertz CT molecular complexity index is 284. The Kier molecular flexibility index (Phi) is 2.88. The molecule has 3 nitrogen and oxygen atoms in total. The minimum Gasteiger partial charge on any atom is -0.336 e. The van der Waals surface area contributed by atoms with Gasteiger partial charge in [-0.25, -0.2) is 4.98 Å². The lowest BCUT2D eigenvalue weighted by Crippen LogP contribution is -1.84. The maximum Gasteiger partial charge on any atom is 0.172 e. The highest BCUT2D eigenvalue weighted by Crippen LogP contribution is 2.08. The molecule has 0 bridgehead atoms. The molecule has 1 aromatic heterocycles. The topological polar surface area (TPSA) is 52.5 Å². The van der Waals surface area contributed by atoms with Gasteiger partial charge in [0.2, 0.25) is 0 Å². The third kappa shape index (κ3) is 1.93. The van der Waals surface area contributed by atoms with Gasteiger partial charge in [-0.05, 0) is 29.0 Å². The highest BCUT2D eigenvalue weighted by atomic mass is 127. The van der Waals surface area contributed by atoms with Crippen molar-refractivity contribution < 1.29 is 0 Å². The molecule has 1 rings (SSSR count). The maximum absolute atomic E-state index is 8.56. The number of aryl methyl sites for hydroxylation is 1. The number of imidazole rings is 1. The Morgan fingerprint density at radius 2 is 2.45 bits per heavy atom. The van der Waals surface area contributed by atoms with Gasteiger partial charge in [0.25, 0.3) is 0 Å². The van der Waals surface area contributed by atoms with Gasteiger partial charge in [-0.3, -0.25) is 0 Å². The van der Waals surface area contributed by atoms with Crippen LogP contribution in [0, 0.1) is 15.0 Å². The number of nitriles is 1. The van der Waals surface area contributed by atoms with Crippen LogP contribution >= 0.6 is 22.6 Å². The Balaban J connectivity index is 2.89. The number of nitrogens with zero attached hydrogens (tertiary/aromatic N) is 2. The number of hydrogen-bond donors (Lipinski definition) is 1. The highest BCUT2D eigenvalue weighted by Gasteiger charge is 2.04. The van der Waals surface area contributed by atoms with Crippen molar-refractivity contribution in [3.05, 3.63) is 15.2 Å². The molecule has 1 aromatic rings. The lowest BCUT2D eigenvalue weighted by molar-refractivity contribution is 0.854. The number of halogens is 1. The quantitative estimate of drug-likeness (QED) is 0.826. The monoisotopic (exact) mass is 261 g/mol. The molecule has 0 amide bonds. The summed E-state index contributed by atoms with van der Waals surface area (Å²) in [5.74, 6) is 0.911. The molecule has 0 aliphatic carbocycles. The first-order valence-electron chi connectivity index (χ1n) is 3.42. The number of aromatic nitrogens is 2. The van der Waals surface area contributed by atoms with Crippen molar-refractivity contribution in [1.82, 2.24) is 9.97 Å². The molecule has 0 saturated heterocycles. The van der Waals surface area contributed by atoms with Crippen LogP contribution in [0.4, 0.5) is 0 Å². The fraction of sp³-hybridized carbons (Fsp3) is 0.429. The van der Waals surface area contributed by atoms with Crippen LogP contribution in [0.25, 0.3) is 0 Å². The summed E-state index contributed by atoms with van der Waals surface area (Å²) in [6, 6.07) is 2.02. The number of rotatable bonds is 2. The molecule has 58 valence electrons. The van der Waals surface area contributed by atoms with Crippen LogP contribution in [0.2, 0.25) is 0 Å². The largest absolute Gasteiger partial charge is 0.336 e. The summed E-state index contributed by atoms with van der Waals surface area (Å²) in [5.41, 5.74) is 0.508. The predicted molar refractivity (Wildman–Crippen MR) is 50.0 cm³/mol. The summed E-state index contributed by atoms with van der Waals surface area (Å²) in [4.78, 5) is 7.14. The fourth-order valence-corrected chi connectivity index (χ4v) is 1.38. The van der Waals surface area contributed by atoms with Gasteiger partial charge >= 0.3 is 0 Å². The molecule has 1 N–H and O–H groups in total. The van der Waals surface area contributed by atoms with Gasteiger partial charge in [-0.15, -0.1) is 0 Å². The number of hydrogen-bond acceptors (Lipinski definition) is 2. The first kappa shape index (κ1) is 8.53. The smallest absolute Gasteiger partial charge is 0.172 e. The van der Waals surface area contributed by atoms with Gasteiger partial charge in [0.1, 0.15) is 15.6 Å². The van der Waals surface area contributed by atoms with Gasteiger partial charge in [0, 0.05) is 6.42 Å². The van der Waals surface area contributed by atoms with E-state index in [1.807, 2.05) is 6.07 Å². The molecular formula is C7H8IN3. The Morgan fingerprint density at radius 1 is 1.73 bits per heavy atom. The van der Waals surface area contributed by atoms with Crippen molar-refractivity contribution >= 4 is 22.6 Å². The van der Waals surface area contributed by atoms with E-state index in [1.54, 1.807) is 0 Å². The summed E-state index contributed by atoms with van der Waals surface area (Å²) in [7, 11) is 0. The normalized spacial score (nSPS) is 9.55. The van der Waals surface area contributed by atoms with Crippen molar-refractivity contribution in [1.29, 1.82) is 5.26 Å². The molecule has 0 atom stereocenters. The van der Waals surface area contributed by atoms with E-state index in [0.717, 1.165) is 22.4 Å². The van der Waals surface area contributed by atoms with Crippen LogP contribution in [-0.2, 0) is 6.42 Å².